The highest BCUT2D eigenvalue weighted by atomic mass is 16.5. The van der Waals surface area contributed by atoms with Crippen LogP contribution in [0.1, 0.15) is 11.1 Å². The largest absolute Gasteiger partial charge is 0.502 e. The molecule has 0 aliphatic carbocycles. The third kappa shape index (κ3) is 2.71. The van der Waals surface area contributed by atoms with Gasteiger partial charge in [-0.15, -0.1) is 0 Å². The Bertz CT molecular complexity index is 900. The van der Waals surface area contributed by atoms with Gasteiger partial charge in [0.1, 0.15) is 0 Å². The summed E-state index contributed by atoms with van der Waals surface area (Å²) in [6.45, 7) is 1.86. The van der Waals surface area contributed by atoms with Crippen LogP contribution in [-0.2, 0) is 9.59 Å². The minimum absolute atomic E-state index is 0.0625. The highest BCUT2D eigenvalue weighted by Crippen LogP contribution is 2.36. The first kappa shape index (κ1) is 16.6. The van der Waals surface area contributed by atoms with Gasteiger partial charge < -0.3 is 14.6 Å². The van der Waals surface area contributed by atoms with E-state index in [-0.39, 0.29) is 5.57 Å². The lowest BCUT2D eigenvalue weighted by molar-refractivity contribution is -0.121. The van der Waals surface area contributed by atoms with Crippen molar-refractivity contribution in [3.05, 3.63) is 59.4 Å². The maximum Gasteiger partial charge on any atom is 0.301 e. The Hall–Kier alpha value is -3.28. The second-order valence-electron chi connectivity index (χ2n) is 5.58. The molecule has 2 amide bonds. The van der Waals surface area contributed by atoms with E-state index in [4.69, 9.17) is 9.47 Å². The highest BCUT2D eigenvalue weighted by Gasteiger charge is 2.40. The summed E-state index contributed by atoms with van der Waals surface area (Å²) in [5.41, 5.74) is 1.63. The number of rotatable bonds is 4. The standard InChI is InChI=1S/C19H17NO5/c1-11-5-4-6-13(9-11)20-18(22)16(17(21)19(20)23)12-7-8-14(24-2)15(10-12)25-3/h4-10,21H,1-3H3. The molecule has 1 aliphatic heterocycles. The first-order chi connectivity index (χ1) is 12.0. The van der Waals surface area contributed by atoms with Crippen LogP contribution in [0.25, 0.3) is 5.57 Å². The number of hydrogen-bond donors (Lipinski definition) is 1. The van der Waals surface area contributed by atoms with Gasteiger partial charge in [-0.05, 0) is 42.3 Å². The number of hydrogen-bond acceptors (Lipinski definition) is 5. The predicted octanol–water partition coefficient (Wildman–Crippen LogP) is 2.85. The maximum absolute atomic E-state index is 12.8. The van der Waals surface area contributed by atoms with Crippen molar-refractivity contribution in [3.63, 3.8) is 0 Å². The summed E-state index contributed by atoms with van der Waals surface area (Å²) in [6, 6.07) is 11.7. The lowest BCUT2D eigenvalue weighted by atomic mass is 10.0. The van der Waals surface area contributed by atoms with Crippen molar-refractivity contribution in [2.45, 2.75) is 6.92 Å². The van der Waals surface area contributed by atoms with Crippen LogP contribution in [0, 0.1) is 6.92 Å². The zero-order chi connectivity index (χ0) is 18.1. The van der Waals surface area contributed by atoms with Crippen molar-refractivity contribution < 1.29 is 24.2 Å². The normalized spacial score (nSPS) is 14.3. The third-order valence-electron chi connectivity index (χ3n) is 3.99. The molecule has 0 radical (unpaired) electrons. The molecular weight excluding hydrogens is 322 g/mol. The Labute approximate surface area is 144 Å². The average molecular weight is 339 g/mol. The minimum atomic E-state index is -0.750. The number of aliphatic hydroxyl groups excluding tert-OH is 1. The van der Waals surface area contributed by atoms with Crippen LogP contribution in [0.5, 0.6) is 11.5 Å². The molecule has 0 atom stereocenters. The molecule has 128 valence electrons. The number of carbonyl (C=O) groups is 2. The first-order valence-corrected chi connectivity index (χ1v) is 7.59. The van der Waals surface area contributed by atoms with E-state index >= 15 is 0 Å². The number of amides is 2. The topological polar surface area (TPSA) is 76.1 Å². The summed E-state index contributed by atoms with van der Waals surface area (Å²) < 4.78 is 10.4. The Balaban J connectivity index is 2.06. The van der Waals surface area contributed by atoms with Gasteiger partial charge in [0.25, 0.3) is 5.91 Å². The molecule has 25 heavy (non-hydrogen) atoms. The molecule has 1 aliphatic rings. The fourth-order valence-corrected chi connectivity index (χ4v) is 2.77. The lowest BCUT2D eigenvalue weighted by Gasteiger charge is -2.15. The monoisotopic (exact) mass is 339 g/mol. The Kier molecular flexibility index (Phi) is 4.19. The smallest absolute Gasteiger partial charge is 0.301 e. The van der Waals surface area contributed by atoms with Gasteiger partial charge in [0.05, 0.1) is 25.5 Å². The van der Waals surface area contributed by atoms with Gasteiger partial charge >= 0.3 is 5.91 Å². The summed E-state index contributed by atoms with van der Waals surface area (Å²) in [5, 5.41) is 10.3. The molecule has 0 aromatic heterocycles. The molecule has 0 unspecified atom stereocenters. The quantitative estimate of drug-likeness (QED) is 0.867. The summed E-state index contributed by atoms with van der Waals surface area (Å²) in [6.07, 6.45) is 0. The van der Waals surface area contributed by atoms with Gasteiger partial charge in [0.2, 0.25) is 0 Å². The van der Waals surface area contributed by atoms with E-state index in [0.29, 0.717) is 22.7 Å². The number of nitrogens with zero attached hydrogens (tertiary/aromatic N) is 1. The molecule has 2 aromatic rings. The summed E-state index contributed by atoms with van der Waals surface area (Å²) >= 11 is 0. The maximum atomic E-state index is 12.8. The van der Waals surface area contributed by atoms with Crippen LogP contribution in [0.15, 0.2) is 48.2 Å². The van der Waals surface area contributed by atoms with Crippen molar-refractivity contribution in [1.82, 2.24) is 0 Å². The van der Waals surface area contributed by atoms with Crippen LogP contribution in [0.4, 0.5) is 5.69 Å². The number of aliphatic hydroxyl groups is 1. The molecule has 1 heterocycles. The highest BCUT2D eigenvalue weighted by molar-refractivity contribution is 6.44. The van der Waals surface area contributed by atoms with Gasteiger partial charge in [-0.1, -0.05) is 18.2 Å². The molecule has 6 nitrogen and oxygen atoms in total. The zero-order valence-electron chi connectivity index (χ0n) is 14.1. The minimum Gasteiger partial charge on any atom is -0.502 e. The fourth-order valence-electron chi connectivity index (χ4n) is 2.77. The van der Waals surface area contributed by atoms with E-state index in [9.17, 15) is 14.7 Å². The molecule has 1 N–H and O–H groups in total. The van der Waals surface area contributed by atoms with Crippen molar-refractivity contribution >= 4 is 23.1 Å². The van der Waals surface area contributed by atoms with Crippen molar-refractivity contribution in [2.24, 2.45) is 0 Å². The molecule has 6 heteroatoms. The van der Waals surface area contributed by atoms with E-state index in [1.807, 2.05) is 13.0 Å². The van der Waals surface area contributed by atoms with Crippen molar-refractivity contribution in [2.75, 3.05) is 19.1 Å². The van der Waals surface area contributed by atoms with Crippen LogP contribution in [0.2, 0.25) is 0 Å². The second kappa shape index (κ2) is 6.32. The number of imide groups is 1. The lowest BCUT2D eigenvalue weighted by Crippen LogP contribution is -2.31. The van der Waals surface area contributed by atoms with Gasteiger partial charge in [-0.25, -0.2) is 4.90 Å². The van der Waals surface area contributed by atoms with E-state index in [1.54, 1.807) is 36.4 Å². The van der Waals surface area contributed by atoms with Gasteiger partial charge in [-0.3, -0.25) is 9.59 Å². The average Bonchev–Trinajstić information content (AvgIpc) is 2.83. The zero-order valence-corrected chi connectivity index (χ0v) is 14.1. The summed E-state index contributed by atoms with van der Waals surface area (Å²) in [7, 11) is 2.97. The van der Waals surface area contributed by atoms with E-state index in [1.165, 1.54) is 14.2 Å². The van der Waals surface area contributed by atoms with E-state index in [2.05, 4.69) is 0 Å². The fraction of sp³-hybridized carbons (Fsp3) is 0.158. The number of ether oxygens (including phenoxy) is 2. The van der Waals surface area contributed by atoms with Crippen molar-refractivity contribution in [3.8, 4) is 11.5 Å². The molecule has 2 aromatic carbocycles. The predicted molar refractivity (Wildman–Crippen MR) is 92.8 cm³/mol. The van der Waals surface area contributed by atoms with Crippen LogP contribution < -0.4 is 14.4 Å². The molecule has 0 saturated heterocycles. The second-order valence-corrected chi connectivity index (χ2v) is 5.58. The summed E-state index contributed by atoms with van der Waals surface area (Å²) in [5.74, 6) is -1.03. The molecule has 0 spiro atoms. The third-order valence-corrected chi connectivity index (χ3v) is 3.99. The van der Waals surface area contributed by atoms with Crippen molar-refractivity contribution in [1.29, 1.82) is 0 Å². The van der Waals surface area contributed by atoms with Gasteiger partial charge in [-0.2, -0.15) is 0 Å². The van der Waals surface area contributed by atoms with Crippen LogP contribution in [0.3, 0.4) is 0 Å². The van der Waals surface area contributed by atoms with E-state index < -0.39 is 17.6 Å². The Morgan fingerprint density at radius 1 is 0.920 bits per heavy atom. The van der Waals surface area contributed by atoms with Gasteiger partial charge in [0, 0.05) is 0 Å². The van der Waals surface area contributed by atoms with Crippen LogP contribution >= 0.6 is 0 Å². The Morgan fingerprint density at radius 3 is 2.28 bits per heavy atom. The van der Waals surface area contributed by atoms with E-state index in [0.717, 1.165) is 10.5 Å². The Morgan fingerprint density at radius 2 is 1.64 bits per heavy atom. The molecule has 0 fully saturated rings. The van der Waals surface area contributed by atoms with Crippen LogP contribution in [-0.4, -0.2) is 31.1 Å². The first-order valence-electron chi connectivity index (χ1n) is 7.59. The molecule has 0 bridgehead atoms. The SMILES string of the molecule is COc1ccc(C2=C(O)C(=O)N(c3cccc(C)c3)C2=O)cc1OC. The number of carbonyl (C=O) groups excluding carboxylic acids is 2. The van der Waals surface area contributed by atoms with Gasteiger partial charge in [0.15, 0.2) is 17.3 Å². The molecular formula is C19H17NO5. The molecule has 0 saturated carbocycles. The number of benzene rings is 2. The summed E-state index contributed by atoms with van der Waals surface area (Å²) in [4.78, 5) is 26.2. The number of anilines is 1. The number of methoxy groups -OCH3 is 2. The molecule has 3 rings (SSSR count). The number of aryl methyl sites for hydroxylation is 1.